The number of benzene rings is 1. The van der Waals surface area contributed by atoms with Gasteiger partial charge in [-0.1, -0.05) is 26.0 Å². The second-order valence-corrected chi connectivity index (χ2v) is 4.79. The lowest BCUT2D eigenvalue weighted by molar-refractivity contribution is -0.118. The molecule has 0 saturated carbocycles. The summed E-state index contributed by atoms with van der Waals surface area (Å²) in [5, 5.41) is 12.3. The van der Waals surface area contributed by atoms with Gasteiger partial charge in [-0.05, 0) is 25.1 Å². The summed E-state index contributed by atoms with van der Waals surface area (Å²) in [6, 6.07) is 9.69. The van der Waals surface area contributed by atoms with Gasteiger partial charge in [-0.25, -0.2) is 0 Å². The van der Waals surface area contributed by atoms with E-state index in [2.05, 4.69) is 25.2 Å². The molecular formula is C15H21N3O. The molecule has 0 aliphatic carbocycles. The fourth-order valence-electron chi connectivity index (χ4n) is 1.79. The molecule has 4 nitrogen and oxygen atoms in total. The van der Waals surface area contributed by atoms with Gasteiger partial charge in [0.15, 0.2) is 0 Å². The van der Waals surface area contributed by atoms with Crippen molar-refractivity contribution in [3.05, 3.63) is 29.8 Å². The third kappa shape index (κ3) is 4.72. The molecule has 0 spiro atoms. The molecule has 1 rings (SSSR count). The van der Waals surface area contributed by atoms with E-state index in [0.29, 0.717) is 23.7 Å². The van der Waals surface area contributed by atoms with E-state index in [9.17, 15) is 4.79 Å². The van der Waals surface area contributed by atoms with Crippen LogP contribution in [0.5, 0.6) is 0 Å². The van der Waals surface area contributed by atoms with Gasteiger partial charge in [-0.2, -0.15) is 5.26 Å². The number of carbonyl (C=O) groups is 1. The second kappa shape index (κ2) is 7.55. The van der Waals surface area contributed by atoms with Crippen LogP contribution in [0.3, 0.4) is 0 Å². The van der Waals surface area contributed by atoms with E-state index in [1.807, 2.05) is 6.07 Å². The highest BCUT2D eigenvalue weighted by atomic mass is 16.2. The van der Waals surface area contributed by atoms with Gasteiger partial charge in [0.2, 0.25) is 5.91 Å². The van der Waals surface area contributed by atoms with Gasteiger partial charge >= 0.3 is 0 Å². The van der Waals surface area contributed by atoms with Crippen LogP contribution in [-0.4, -0.2) is 25.5 Å². The Morgan fingerprint density at radius 3 is 2.74 bits per heavy atom. The van der Waals surface area contributed by atoms with E-state index in [1.165, 1.54) is 0 Å². The van der Waals surface area contributed by atoms with Gasteiger partial charge in [0.1, 0.15) is 6.07 Å². The van der Waals surface area contributed by atoms with Crippen LogP contribution in [-0.2, 0) is 4.79 Å². The number of nitrogens with one attached hydrogen (secondary N) is 1. The van der Waals surface area contributed by atoms with Crippen molar-refractivity contribution in [3.8, 4) is 6.07 Å². The van der Waals surface area contributed by atoms with Crippen LogP contribution in [0.1, 0.15) is 32.3 Å². The number of anilines is 1. The molecular weight excluding hydrogens is 238 g/mol. The number of hydrogen-bond acceptors (Lipinski definition) is 3. The summed E-state index contributed by atoms with van der Waals surface area (Å²) in [7, 11) is 1.72. The average molecular weight is 259 g/mol. The van der Waals surface area contributed by atoms with Gasteiger partial charge in [0.25, 0.3) is 0 Å². The Balaban J connectivity index is 2.55. The lowest BCUT2D eigenvalue weighted by atomic mass is 10.1. The van der Waals surface area contributed by atoms with Crippen LogP contribution >= 0.6 is 0 Å². The Kier molecular flexibility index (Phi) is 6.04. The Labute approximate surface area is 115 Å². The van der Waals surface area contributed by atoms with Crippen LogP contribution in [0.15, 0.2) is 24.3 Å². The van der Waals surface area contributed by atoms with Crippen LogP contribution < -0.4 is 10.2 Å². The average Bonchev–Trinajstić information content (AvgIpc) is 2.42. The minimum absolute atomic E-state index is 0.0354. The van der Waals surface area contributed by atoms with Gasteiger partial charge in [0.05, 0.1) is 11.3 Å². The normalized spacial score (nSPS) is 10.3. The number of para-hydroxylation sites is 1. The predicted octanol–water partition coefficient (Wildman–Crippen LogP) is 2.30. The molecule has 1 aromatic rings. The molecule has 0 saturated heterocycles. The maximum atomic E-state index is 12.0. The first-order chi connectivity index (χ1) is 9.06. The Bertz CT molecular complexity index is 463. The fraction of sp³-hybridized carbons (Fsp3) is 0.467. The minimum Gasteiger partial charge on any atom is -0.315 e. The number of amides is 1. The molecule has 0 aliphatic rings. The van der Waals surface area contributed by atoms with Crippen LogP contribution in [0.4, 0.5) is 5.69 Å². The lowest BCUT2D eigenvalue weighted by Gasteiger charge is -2.18. The molecule has 102 valence electrons. The molecule has 1 aromatic carbocycles. The molecule has 0 heterocycles. The zero-order valence-corrected chi connectivity index (χ0v) is 11.8. The van der Waals surface area contributed by atoms with Crippen molar-refractivity contribution in [2.75, 3.05) is 18.5 Å². The number of rotatable bonds is 6. The Morgan fingerprint density at radius 2 is 2.11 bits per heavy atom. The quantitative estimate of drug-likeness (QED) is 0.797. The van der Waals surface area contributed by atoms with Gasteiger partial charge in [-0.3, -0.25) is 4.79 Å². The molecule has 0 aromatic heterocycles. The second-order valence-electron chi connectivity index (χ2n) is 4.79. The molecule has 0 atom stereocenters. The molecule has 0 unspecified atom stereocenters. The Morgan fingerprint density at radius 1 is 1.42 bits per heavy atom. The van der Waals surface area contributed by atoms with E-state index in [4.69, 9.17) is 5.26 Å². The molecule has 0 radical (unpaired) electrons. The highest BCUT2D eigenvalue weighted by Gasteiger charge is 2.13. The van der Waals surface area contributed by atoms with Crippen LogP contribution in [0.2, 0.25) is 0 Å². The van der Waals surface area contributed by atoms with Crippen molar-refractivity contribution < 1.29 is 4.79 Å². The van der Waals surface area contributed by atoms with E-state index in [0.717, 1.165) is 13.0 Å². The van der Waals surface area contributed by atoms with E-state index in [1.54, 1.807) is 30.1 Å². The van der Waals surface area contributed by atoms with Gasteiger partial charge < -0.3 is 10.2 Å². The first kappa shape index (κ1) is 15.2. The highest BCUT2D eigenvalue weighted by molar-refractivity contribution is 5.94. The SMILES string of the molecule is CC(C)NCCCC(=O)N(C)c1ccccc1C#N. The summed E-state index contributed by atoms with van der Waals surface area (Å²) in [5.74, 6) is 0.0354. The van der Waals surface area contributed by atoms with Crippen molar-refractivity contribution in [1.82, 2.24) is 5.32 Å². The lowest BCUT2D eigenvalue weighted by Crippen LogP contribution is -2.29. The largest absolute Gasteiger partial charge is 0.315 e. The third-order valence-corrected chi connectivity index (χ3v) is 2.88. The molecule has 19 heavy (non-hydrogen) atoms. The molecule has 1 N–H and O–H groups in total. The number of nitriles is 1. The highest BCUT2D eigenvalue weighted by Crippen LogP contribution is 2.18. The van der Waals surface area contributed by atoms with E-state index >= 15 is 0 Å². The standard InChI is InChI=1S/C15H21N3O/c1-12(2)17-10-6-9-15(19)18(3)14-8-5-4-7-13(14)11-16/h4-5,7-8,12,17H,6,9-10H2,1-3H3. The van der Waals surface area contributed by atoms with E-state index in [-0.39, 0.29) is 5.91 Å². The minimum atomic E-state index is 0.0354. The fourth-order valence-corrected chi connectivity index (χ4v) is 1.79. The van der Waals surface area contributed by atoms with Crippen molar-refractivity contribution in [2.24, 2.45) is 0 Å². The van der Waals surface area contributed by atoms with Crippen molar-refractivity contribution >= 4 is 11.6 Å². The summed E-state index contributed by atoms with van der Waals surface area (Å²) in [6.07, 6.45) is 1.28. The smallest absolute Gasteiger partial charge is 0.226 e. The van der Waals surface area contributed by atoms with E-state index < -0.39 is 0 Å². The van der Waals surface area contributed by atoms with Crippen LogP contribution in [0, 0.1) is 11.3 Å². The third-order valence-electron chi connectivity index (χ3n) is 2.88. The monoisotopic (exact) mass is 259 g/mol. The summed E-state index contributed by atoms with van der Waals surface area (Å²) in [6.45, 7) is 4.99. The van der Waals surface area contributed by atoms with Crippen molar-refractivity contribution in [1.29, 1.82) is 5.26 Å². The summed E-state index contributed by atoms with van der Waals surface area (Å²) < 4.78 is 0. The predicted molar refractivity (Wildman–Crippen MR) is 76.9 cm³/mol. The molecule has 0 aliphatic heterocycles. The van der Waals surface area contributed by atoms with Crippen LogP contribution in [0.25, 0.3) is 0 Å². The maximum Gasteiger partial charge on any atom is 0.226 e. The molecule has 0 fully saturated rings. The number of carbonyl (C=O) groups excluding carboxylic acids is 1. The van der Waals surface area contributed by atoms with Crippen molar-refractivity contribution in [2.45, 2.75) is 32.7 Å². The maximum absolute atomic E-state index is 12.0. The van der Waals surface area contributed by atoms with Crippen molar-refractivity contribution in [3.63, 3.8) is 0 Å². The summed E-state index contributed by atoms with van der Waals surface area (Å²) in [5.41, 5.74) is 1.20. The van der Waals surface area contributed by atoms with Gasteiger partial charge in [0, 0.05) is 19.5 Å². The summed E-state index contributed by atoms with van der Waals surface area (Å²) in [4.78, 5) is 13.6. The number of nitrogens with zero attached hydrogens (tertiary/aromatic N) is 2. The first-order valence-corrected chi connectivity index (χ1v) is 6.55. The molecule has 0 bridgehead atoms. The first-order valence-electron chi connectivity index (χ1n) is 6.55. The summed E-state index contributed by atoms with van der Waals surface area (Å²) >= 11 is 0. The topological polar surface area (TPSA) is 56.1 Å². The Hall–Kier alpha value is -1.86. The zero-order valence-electron chi connectivity index (χ0n) is 11.8. The molecule has 1 amide bonds. The molecule has 4 heteroatoms. The van der Waals surface area contributed by atoms with Gasteiger partial charge in [-0.15, -0.1) is 0 Å². The zero-order chi connectivity index (χ0) is 14.3. The number of hydrogen-bond donors (Lipinski definition) is 1.